The van der Waals surface area contributed by atoms with E-state index >= 15 is 0 Å². The van der Waals surface area contributed by atoms with Crippen LogP contribution in [0.25, 0.3) is 22.3 Å². The van der Waals surface area contributed by atoms with E-state index in [4.69, 9.17) is 9.47 Å². The number of rotatable bonds is 11. The highest BCUT2D eigenvalue weighted by atomic mass is 79.9. The molecular weight excluding hydrogens is 708 g/mol. The van der Waals surface area contributed by atoms with E-state index in [1.54, 1.807) is 0 Å². The van der Waals surface area contributed by atoms with Crippen LogP contribution in [0, 0.1) is 0 Å². The third-order valence-electron chi connectivity index (χ3n) is 6.24. The highest BCUT2D eigenvalue weighted by Crippen LogP contribution is 2.38. The fourth-order valence-electron chi connectivity index (χ4n) is 4.14. The van der Waals surface area contributed by atoms with Crippen LogP contribution in [-0.4, -0.2) is 38.0 Å². The Morgan fingerprint density at radius 2 is 1.00 bits per heavy atom. The summed E-state index contributed by atoms with van der Waals surface area (Å²) in [5, 5.41) is 10.1. The number of nitrogens with one attached hydrogen (secondary N) is 2. The number of unbranched alkanes of at least 4 members (excludes halogenated alkanes) is 1. The number of ether oxygens (including phenoxy) is 2. The van der Waals surface area contributed by atoms with Crippen LogP contribution in [0.1, 0.15) is 46.4 Å². The summed E-state index contributed by atoms with van der Waals surface area (Å²) in [6, 6.07) is 15.0. The lowest BCUT2D eigenvalue weighted by Gasteiger charge is -2.09. The van der Waals surface area contributed by atoms with Gasteiger partial charge < -0.3 is 20.1 Å². The summed E-state index contributed by atoms with van der Waals surface area (Å²) in [7, 11) is 2.60. The summed E-state index contributed by atoms with van der Waals surface area (Å²) < 4.78 is 11.8. The van der Waals surface area contributed by atoms with Crippen molar-refractivity contribution in [2.45, 2.75) is 25.7 Å². The third-order valence-corrected chi connectivity index (χ3v) is 9.08. The second kappa shape index (κ2) is 14.7. The molecule has 2 amide bonds. The number of carbonyl (C=O) groups is 4. The third kappa shape index (κ3) is 7.74. The summed E-state index contributed by atoms with van der Waals surface area (Å²) >= 11 is 9.31. The Balaban J connectivity index is 1.33. The van der Waals surface area contributed by atoms with E-state index in [2.05, 4.69) is 42.5 Å². The Morgan fingerprint density at radius 1 is 0.643 bits per heavy atom. The van der Waals surface area contributed by atoms with Gasteiger partial charge in [-0.25, -0.2) is 9.59 Å². The van der Waals surface area contributed by atoms with Crippen molar-refractivity contribution in [2.75, 3.05) is 24.9 Å². The van der Waals surface area contributed by atoms with E-state index in [0.717, 1.165) is 20.1 Å². The average molecular weight is 734 g/mol. The Bertz CT molecular complexity index is 1480. The number of esters is 2. The zero-order valence-corrected chi connectivity index (χ0v) is 27.4. The van der Waals surface area contributed by atoms with E-state index in [9.17, 15) is 19.2 Å². The van der Waals surface area contributed by atoms with Crippen molar-refractivity contribution in [1.82, 2.24) is 0 Å². The number of thiophene rings is 2. The Morgan fingerprint density at radius 3 is 1.33 bits per heavy atom. The van der Waals surface area contributed by atoms with Gasteiger partial charge in [-0.05, 0) is 48.2 Å². The zero-order chi connectivity index (χ0) is 30.2. The Labute approximate surface area is 267 Å². The number of halogens is 2. The summed E-state index contributed by atoms with van der Waals surface area (Å²) in [5.74, 6) is -1.61. The van der Waals surface area contributed by atoms with Crippen LogP contribution >= 0.6 is 54.5 Å². The number of benzene rings is 2. The molecule has 2 aromatic heterocycles. The summed E-state index contributed by atoms with van der Waals surface area (Å²) in [6.07, 6.45) is 1.24. The monoisotopic (exact) mass is 732 g/mol. The van der Waals surface area contributed by atoms with Crippen LogP contribution in [0.5, 0.6) is 0 Å². The summed E-state index contributed by atoms with van der Waals surface area (Å²) in [5.41, 5.74) is 3.61. The molecule has 0 fully saturated rings. The quantitative estimate of drug-likeness (QED) is 0.118. The molecule has 8 nitrogen and oxygen atoms in total. The van der Waals surface area contributed by atoms with E-state index in [-0.39, 0.29) is 24.7 Å². The molecule has 0 radical (unpaired) electrons. The predicted octanol–water partition coefficient (Wildman–Crippen LogP) is 8.38. The standard InChI is InChI=1S/C30H26Br2N2O6S2/c1-39-29(37)25-21(17-7-11-19(31)12-8-17)15-41-27(25)33-23(35)5-3-4-6-24(36)34-28-26(30(38)40-2)22(16-42-28)18-9-13-20(32)14-10-18/h7-16H,3-6H2,1-2H3,(H,33,35)(H,34,36). The van der Waals surface area contributed by atoms with E-state index in [1.807, 2.05) is 59.3 Å². The fraction of sp³-hybridized carbons (Fsp3) is 0.200. The molecule has 0 aliphatic heterocycles. The topological polar surface area (TPSA) is 111 Å². The molecule has 12 heteroatoms. The van der Waals surface area contributed by atoms with Crippen molar-refractivity contribution in [3.8, 4) is 22.3 Å². The normalized spacial score (nSPS) is 10.7. The summed E-state index contributed by atoms with van der Waals surface area (Å²) in [4.78, 5) is 50.5. The average Bonchev–Trinajstić information content (AvgIpc) is 3.59. The second-order valence-corrected chi connectivity index (χ2v) is 12.6. The number of hydrogen-bond acceptors (Lipinski definition) is 8. The number of anilines is 2. The van der Waals surface area contributed by atoms with Crippen molar-refractivity contribution in [3.63, 3.8) is 0 Å². The highest BCUT2D eigenvalue weighted by molar-refractivity contribution is 9.10. The first-order valence-electron chi connectivity index (χ1n) is 12.7. The van der Waals surface area contributed by atoms with Gasteiger partial charge >= 0.3 is 11.9 Å². The zero-order valence-electron chi connectivity index (χ0n) is 22.6. The van der Waals surface area contributed by atoms with Gasteiger partial charge in [0.05, 0.1) is 14.2 Å². The minimum Gasteiger partial charge on any atom is -0.465 e. The lowest BCUT2D eigenvalue weighted by atomic mass is 10.0. The minimum absolute atomic E-state index is 0.166. The molecular formula is C30H26Br2N2O6S2. The molecule has 0 unspecified atom stereocenters. The minimum atomic E-state index is -0.538. The number of carbonyl (C=O) groups excluding carboxylic acids is 4. The first-order valence-corrected chi connectivity index (χ1v) is 16.1. The van der Waals surface area contributed by atoms with Crippen molar-refractivity contribution < 1.29 is 28.7 Å². The maximum absolute atomic E-state index is 12.7. The van der Waals surface area contributed by atoms with Gasteiger partial charge in [0.25, 0.3) is 0 Å². The molecule has 2 N–H and O–H groups in total. The predicted molar refractivity (Wildman–Crippen MR) is 173 cm³/mol. The van der Waals surface area contributed by atoms with E-state index in [1.165, 1.54) is 36.9 Å². The molecule has 0 spiro atoms. The molecule has 0 bridgehead atoms. The molecule has 0 aliphatic rings. The molecule has 4 aromatic rings. The SMILES string of the molecule is COC(=O)c1c(-c2ccc(Br)cc2)csc1NC(=O)CCCCC(=O)Nc1scc(-c2ccc(Br)cc2)c1C(=O)OC. The lowest BCUT2D eigenvalue weighted by molar-refractivity contribution is -0.118. The molecule has 0 aliphatic carbocycles. The molecule has 0 saturated heterocycles. The molecule has 218 valence electrons. The van der Waals surface area contributed by atoms with Crippen molar-refractivity contribution in [3.05, 3.63) is 79.4 Å². The maximum atomic E-state index is 12.7. The van der Waals surface area contributed by atoms with Gasteiger partial charge in [-0.15, -0.1) is 22.7 Å². The first kappa shape index (κ1) is 31.6. The number of amides is 2. The smallest absolute Gasteiger partial charge is 0.341 e. The largest absolute Gasteiger partial charge is 0.465 e. The van der Waals surface area contributed by atoms with E-state index in [0.29, 0.717) is 45.1 Å². The highest BCUT2D eigenvalue weighted by Gasteiger charge is 2.24. The maximum Gasteiger partial charge on any atom is 0.341 e. The van der Waals surface area contributed by atoms with Crippen LogP contribution in [0.3, 0.4) is 0 Å². The lowest BCUT2D eigenvalue weighted by Crippen LogP contribution is -2.15. The van der Waals surface area contributed by atoms with Crippen LogP contribution < -0.4 is 10.6 Å². The van der Waals surface area contributed by atoms with Crippen molar-refractivity contribution in [1.29, 1.82) is 0 Å². The van der Waals surface area contributed by atoms with Gasteiger partial charge in [-0.1, -0.05) is 56.1 Å². The molecule has 0 atom stereocenters. The van der Waals surface area contributed by atoms with Crippen molar-refractivity contribution >= 4 is 88.3 Å². The van der Waals surface area contributed by atoms with E-state index < -0.39 is 11.9 Å². The first-order chi connectivity index (χ1) is 20.2. The van der Waals surface area contributed by atoms with Crippen LogP contribution in [0.2, 0.25) is 0 Å². The second-order valence-electron chi connectivity index (χ2n) is 9.01. The van der Waals surface area contributed by atoms with Gasteiger partial charge in [0, 0.05) is 43.7 Å². The van der Waals surface area contributed by atoms with Gasteiger partial charge in [0.15, 0.2) is 0 Å². The van der Waals surface area contributed by atoms with Crippen LogP contribution in [-0.2, 0) is 19.1 Å². The molecule has 2 aromatic carbocycles. The fourth-order valence-corrected chi connectivity index (χ4v) is 6.62. The van der Waals surface area contributed by atoms with Crippen molar-refractivity contribution in [2.24, 2.45) is 0 Å². The molecule has 2 heterocycles. The number of methoxy groups -OCH3 is 2. The number of hydrogen-bond donors (Lipinski definition) is 2. The van der Waals surface area contributed by atoms with Gasteiger partial charge in [-0.2, -0.15) is 0 Å². The molecule has 0 saturated carbocycles. The van der Waals surface area contributed by atoms with Gasteiger partial charge in [-0.3, -0.25) is 9.59 Å². The molecule has 4 rings (SSSR count). The van der Waals surface area contributed by atoms with Gasteiger partial charge in [0.2, 0.25) is 11.8 Å². The Hall–Kier alpha value is -3.32. The van der Waals surface area contributed by atoms with Crippen LogP contribution in [0.15, 0.2) is 68.2 Å². The summed E-state index contributed by atoms with van der Waals surface area (Å²) in [6.45, 7) is 0. The van der Waals surface area contributed by atoms with Gasteiger partial charge in [0.1, 0.15) is 21.1 Å². The van der Waals surface area contributed by atoms with Crippen LogP contribution in [0.4, 0.5) is 10.0 Å². The molecule has 42 heavy (non-hydrogen) atoms. The Kier molecular flexibility index (Phi) is 11.1.